The molecule has 1 unspecified atom stereocenters. The summed E-state index contributed by atoms with van der Waals surface area (Å²) in [5.74, 6) is -0.463. The number of pyridine rings is 1. The Kier molecular flexibility index (Phi) is 6.77. The molecule has 1 atom stereocenters. The number of ketones is 1. The molecule has 1 aliphatic rings. The summed E-state index contributed by atoms with van der Waals surface area (Å²) in [6.45, 7) is 6.89. The molecule has 1 saturated heterocycles. The predicted octanol–water partition coefficient (Wildman–Crippen LogP) is 5.05. The zero-order valence-corrected chi connectivity index (χ0v) is 19.6. The minimum atomic E-state index is -0.704. The lowest BCUT2D eigenvalue weighted by molar-refractivity contribution is -0.140. The summed E-state index contributed by atoms with van der Waals surface area (Å²) in [5.41, 5.74) is 3.16. The third kappa shape index (κ3) is 4.86. The number of rotatable bonds is 7. The van der Waals surface area contributed by atoms with Crippen molar-refractivity contribution in [1.82, 2.24) is 9.88 Å². The van der Waals surface area contributed by atoms with Crippen molar-refractivity contribution in [3.05, 3.63) is 101 Å². The van der Waals surface area contributed by atoms with Crippen molar-refractivity contribution in [2.24, 2.45) is 5.92 Å². The summed E-state index contributed by atoms with van der Waals surface area (Å²) in [6.07, 6.45) is 3.30. The van der Waals surface area contributed by atoms with Crippen LogP contribution in [0, 0.1) is 12.8 Å². The molecule has 174 valence electrons. The number of nitrogens with zero attached hydrogens (tertiary/aromatic N) is 2. The Hall–Kier alpha value is -3.93. The van der Waals surface area contributed by atoms with Gasteiger partial charge in [0.2, 0.25) is 0 Å². The molecule has 0 spiro atoms. The zero-order valence-electron chi connectivity index (χ0n) is 19.6. The van der Waals surface area contributed by atoms with E-state index < -0.39 is 17.7 Å². The summed E-state index contributed by atoms with van der Waals surface area (Å²) in [6, 6.07) is 17.5. The van der Waals surface area contributed by atoms with Crippen LogP contribution < -0.4 is 4.74 Å². The molecule has 1 aliphatic heterocycles. The van der Waals surface area contributed by atoms with Gasteiger partial charge in [0, 0.05) is 24.5 Å². The average molecular weight is 457 g/mol. The smallest absolute Gasteiger partial charge is 0.295 e. The number of likely N-dealkylation sites (tertiary alicyclic amines) is 1. The molecule has 2 aromatic carbocycles. The van der Waals surface area contributed by atoms with Crippen molar-refractivity contribution >= 4 is 17.4 Å². The van der Waals surface area contributed by atoms with Crippen molar-refractivity contribution < 1.29 is 19.4 Å². The highest BCUT2D eigenvalue weighted by Crippen LogP contribution is 2.40. The van der Waals surface area contributed by atoms with Gasteiger partial charge in [0.25, 0.3) is 11.7 Å². The second kappa shape index (κ2) is 9.91. The molecule has 3 aromatic rings. The molecule has 0 saturated carbocycles. The van der Waals surface area contributed by atoms with E-state index >= 15 is 0 Å². The Morgan fingerprint density at radius 2 is 1.76 bits per heavy atom. The standard InChI is InChI=1S/C28H28N2O4/c1-18(2)17-34-23-9-7-21(8-10-23)26(31)24-25(22-6-4-5-19(3)15-22)30(28(33)27(24)32)16-20-11-13-29-14-12-20/h4-15,18,25,31H,16-17H2,1-3H3/b26-24-. The van der Waals surface area contributed by atoms with Gasteiger partial charge in [-0.1, -0.05) is 43.7 Å². The molecular weight excluding hydrogens is 428 g/mol. The number of aryl methyl sites for hydroxylation is 1. The molecule has 1 aromatic heterocycles. The first-order valence-electron chi connectivity index (χ1n) is 11.3. The summed E-state index contributed by atoms with van der Waals surface area (Å²) < 4.78 is 5.72. The minimum Gasteiger partial charge on any atom is -0.507 e. The number of hydrogen-bond donors (Lipinski definition) is 1. The first kappa shape index (κ1) is 23.2. The van der Waals surface area contributed by atoms with Gasteiger partial charge in [-0.2, -0.15) is 0 Å². The van der Waals surface area contributed by atoms with Gasteiger partial charge in [0.05, 0.1) is 18.2 Å². The Labute approximate surface area is 199 Å². The van der Waals surface area contributed by atoms with Crippen molar-refractivity contribution in [2.75, 3.05) is 6.61 Å². The van der Waals surface area contributed by atoms with Gasteiger partial charge < -0.3 is 14.7 Å². The summed E-state index contributed by atoms with van der Waals surface area (Å²) >= 11 is 0. The lowest BCUT2D eigenvalue weighted by atomic mass is 9.94. The zero-order chi connectivity index (χ0) is 24.2. The number of Topliss-reactive ketones (excluding diaryl/α,β-unsaturated/α-hetero) is 1. The van der Waals surface area contributed by atoms with Crippen LogP contribution in [0.3, 0.4) is 0 Å². The highest BCUT2D eigenvalue weighted by Gasteiger charge is 2.46. The van der Waals surface area contributed by atoms with E-state index in [0.29, 0.717) is 23.8 Å². The average Bonchev–Trinajstić information content (AvgIpc) is 3.08. The van der Waals surface area contributed by atoms with Crippen LogP contribution in [0.5, 0.6) is 5.75 Å². The van der Waals surface area contributed by atoms with E-state index in [1.807, 2.05) is 43.3 Å². The maximum atomic E-state index is 13.2. The van der Waals surface area contributed by atoms with Gasteiger partial charge in [-0.15, -0.1) is 0 Å². The van der Waals surface area contributed by atoms with Gasteiger partial charge >= 0.3 is 0 Å². The van der Waals surface area contributed by atoms with E-state index in [0.717, 1.165) is 16.7 Å². The van der Waals surface area contributed by atoms with Crippen molar-refractivity contribution in [2.45, 2.75) is 33.4 Å². The highest BCUT2D eigenvalue weighted by molar-refractivity contribution is 6.46. The first-order chi connectivity index (χ1) is 16.3. The number of aliphatic hydroxyl groups is 1. The summed E-state index contributed by atoms with van der Waals surface area (Å²) in [4.78, 5) is 31.8. The van der Waals surface area contributed by atoms with Crippen LogP contribution in [0.25, 0.3) is 5.76 Å². The topological polar surface area (TPSA) is 79.7 Å². The monoisotopic (exact) mass is 456 g/mol. The normalized spacial score (nSPS) is 17.4. The van der Waals surface area contributed by atoms with E-state index in [1.54, 1.807) is 36.7 Å². The number of benzene rings is 2. The van der Waals surface area contributed by atoms with E-state index in [1.165, 1.54) is 4.90 Å². The van der Waals surface area contributed by atoms with Crippen LogP contribution in [-0.4, -0.2) is 33.3 Å². The Balaban J connectivity index is 1.76. The van der Waals surface area contributed by atoms with Gasteiger partial charge in [0.1, 0.15) is 11.5 Å². The van der Waals surface area contributed by atoms with Crippen LogP contribution in [0.2, 0.25) is 0 Å². The van der Waals surface area contributed by atoms with Crippen molar-refractivity contribution in [3.63, 3.8) is 0 Å². The largest absolute Gasteiger partial charge is 0.507 e. The van der Waals surface area contributed by atoms with Crippen LogP contribution in [0.4, 0.5) is 0 Å². The number of amides is 1. The fourth-order valence-electron chi connectivity index (χ4n) is 4.04. The highest BCUT2D eigenvalue weighted by atomic mass is 16.5. The lowest BCUT2D eigenvalue weighted by Gasteiger charge is -2.25. The van der Waals surface area contributed by atoms with Gasteiger partial charge in [-0.25, -0.2) is 0 Å². The number of hydrogen-bond acceptors (Lipinski definition) is 5. The quantitative estimate of drug-likeness (QED) is 0.306. The van der Waals surface area contributed by atoms with Crippen LogP contribution in [-0.2, 0) is 16.1 Å². The predicted molar refractivity (Wildman–Crippen MR) is 130 cm³/mol. The molecule has 6 nitrogen and oxygen atoms in total. The Morgan fingerprint density at radius 1 is 1.06 bits per heavy atom. The molecule has 4 rings (SSSR count). The number of carbonyl (C=O) groups is 2. The van der Waals surface area contributed by atoms with E-state index in [4.69, 9.17) is 4.74 Å². The molecule has 2 heterocycles. The molecule has 1 fully saturated rings. The number of aromatic nitrogens is 1. The second-order valence-electron chi connectivity index (χ2n) is 8.93. The third-order valence-electron chi connectivity index (χ3n) is 5.71. The molecule has 1 N–H and O–H groups in total. The van der Waals surface area contributed by atoms with Crippen LogP contribution >= 0.6 is 0 Å². The fourth-order valence-corrected chi connectivity index (χ4v) is 4.04. The lowest BCUT2D eigenvalue weighted by Crippen LogP contribution is -2.29. The van der Waals surface area contributed by atoms with Gasteiger partial charge in [-0.05, 0) is 60.4 Å². The Bertz CT molecular complexity index is 1220. The van der Waals surface area contributed by atoms with Crippen LogP contribution in [0.1, 0.15) is 42.1 Å². The SMILES string of the molecule is Cc1cccc(C2/C(=C(/O)c3ccc(OCC(C)C)cc3)C(=O)C(=O)N2Cc2ccncc2)c1. The molecule has 0 aliphatic carbocycles. The molecule has 0 bridgehead atoms. The van der Waals surface area contributed by atoms with E-state index in [-0.39, 0.29) is 17.9 Å². The maximum absolute atomic E-state index is 13.2. The molecule has 34 heavy (non-hydrogen) atoms. The van der Waals surface area contributed by atoms with Gasteiger partial charge in [-0.3, -0.25) is 14.6 Å². The van der Waals surface area contributed by atoms with E-state index in [9.17, 15) is 14.7 Å². The second-order valence-corrected chi connectivity index (χ2v) is 8.93. The molecule has 0 radical (unpaired) electrons. The molecule has 6 heteroatoms. The van der Waals surface area contributed by atoms with E-state index in [2.05, 4.69) is 18.8 Å². The number of carbonyl (C=O) groups excluding carboxylic acids is 2. The fraction of sp³-hybridized carbons (Fsp3) is 0.250. The summed E-state index contributed by atoms with van der Waals surface area (Å²) in [5, 5.41) is 11.2. The molecule has 1 amide bonds. The third-order valence-corrected chi connectivity index (χ3v) is 5.71. The number of ether oxygens (including phenoxy) is 1. The minimum absolute atomic E-state index is 0.0838. The number of aliphatic hydroxyl groups excluding tert-OH is 1. The van der Waals surface area contributed by atoms with Gasteiger partial charge in [0.15, 0.2) is 0 Å². The first-order valence-corrected chi connectivity index (χ1v) is 11.3. The van der Waals surface area contributed by atoms with Crippen LogP contribution in [0.15, 0.2) is 78.6 Å². The maximum Gasteiger partial charge on any atom is 0.295 e. The summed E-state index contributed by atoms with van der Waals surface area (Å²) in [7, 11) is 0. The Morgan fingerprint density at radius 3 is 2.41 bits per heavy atom. The molecular formula is C28H28N2O4. The van der Waals surface area contributed by atoms with Crippen molar-refractivity contribution in [3.8, 4) is 5.75 Å². The van der Waals surface area contributed by atoms with Crippen molar-refractivity contribution in [1.29, 1.82) is 0 Å².